The van der Waals surface area contributed by atoms with Crippen LogP contribution in [0.4, 0.5) is 0 Å². The van der Waals surface area contributed by atoms with Gasteiger partial charge in [-0.1, -0.05) is 163 Å². The zero-order valence-corrected chi connectivity index (χ0v) is 35.4. The molecule has 0 aromatic rings. The number of hydrogen-bond acceptors (Lipinski definition) is 5. The van der Waals surface area contributed by atoms with Gasteiger partial charge in [-0.25, -0.2) is 0 Å². The van der Waals surface area contributed by atoms with Gasteiger partial charge < -0.3 is 14.4 Å². The van der Waals surface area contributed by atoms with Crippen molar-refractivity contribution < 1.29 is 19.1 Å². The molecule has 0 heterocycles. The monoisotopic (exact) mass is 722 g/mol. The molecule has 0 N–H and O–H groups in total. The van der Waals surface area contributed by atoms with E-state index in [9.17, 15) is 9.59 Å². The van der Waals surface area contributed by atoms with E-state index < -0.39 is 0 Å². The number of rotatable bonds is 41. The van der Waals surface area contributed by atoms with E-state index in [0.717, 1.165) is 44.9 Å². The summed E-state index contributed by atoms with van der Waals surface area (Å²) in [7, 11) is 0. The normalized spacial score (nSPS) is 12.2. The summed E-state index contributed by atoms with van der Waals surface area (Å²) in [5.41, 5.74) is 0. The van der Waals surface area contributed by atoms with Crippen LogP contribution in [0.25, 0.3) is 0 Å². The summed E-state index contributed by atoms with van der Waals surface area (Å²) in [4.78, 5) is 27.6. The molecule has 0 fully saturated rings. The van der Waals surface area contributed by atoms with Gasteiger partial charge in [0.1, 0.15) is 6.10 Å². The minimum atomic E-state index is -0.00576. The molecule has 0 rings (SSSR count). The van der Waals surface area contributed by atoms with E-state index in [-0.39, 0.29) is 24.1 Å². The standard InChI is InChI=1S/C46H91NO4/c1-6-10-13-16-21-28-35-43(5)50-45(48)38-31-24-19-26-33-41-47(40-9-4)42-34-27-20-25-32-39-46(49)51-44(36-29-22-17-14-11-7-2)37-30-23-18-15-12-8-3/h43-44H,6-42H2,1-5H3. The second kappa shape index (κ2) is 40.1. The Kier molecular flexibility index (Phi) is 39.2. The average Bonchev–Trinajstić information content (AvgIpc) is 3.11. The molecule has 1 atom stereocenters. The van der Waals surface area contributed by atoms with E-state index in [4.69, 9.17) is 9.47 Å². The molecular formula is C46H91NO4. The predicted molar refractivity (Wildman–Crippen MR) is 222 cm³/mol. The van der Waals surface area contributed by atoms with Crippen molar-refractivity contribution in [3.8, 4) is 0 Å². The number of carbonyl (C=O) groups excluding carboxylic acids is 2. The number of nitrogens with zero attached hydrogens (tertiary/aromatic N) is 1. The quantitative estimate of drug-likeness (QED) is 0.0465. The van der Waals surface area contributed by atoms with Crippen LogP contribution in [0.5, 0.6) is 0 Å². The van der Waals surface area contributed by atoms with E-state index in [0.29, 0.717) is 12.8 Å². The molecule has 0 aliphatic heterocycles. The molecule has 304 valence electrons. The Bertz CT molecular complexity index is 712. The van der Waals surface area contributed by atoms with E-state index in [1.807, 2.05) is 0 Å². The van der Waals surface area contributed by atoms with Crippen molar-refractivity contribution in [1.82, 2.24) is 4.90 Å². The second-order valence-electron chi connectivity index (χ2n) is 16.0. The molecule has 0 amide bonds. The third-order valence-corrected chi connectivity index (χ3v) is 10.6. The summed E-state index contributed by atoms with van der Waals surface area (Å²) in [5, 5.41) is 0. The van der Waals surface area contributed by atoms with Gasteiger partial charge in [0.25, 0.3) is 0 Å². The predicted octanol–water partition coefficient (Wildman–Crippen LogP) is 14.5. The summed E-state index contributed by atoms with van der Waals surface area (Å²) in [6.45, 7) is 14.7. The summed E-state index contributed by atoms with van der Waals surface area (Å²) >= 11 is 0. The molecule has 0 saturated heterocycles. The Morgan fingerprint density at radius 1 is 0.392 bits per heavy atom. The first-order valence-corrected chi connectivity index (χ1v) is 23.1. The van der Waals surface area contributed by atoms with Crippen molar-refractivity contribution >= 4 is 11.9 Å². The average molecular weight is 722 g/mol. The maximum Gasteiger partial charge on any atom is 0.306 e. The highest BCUT2D eigenvalue weighted by Gasteiger charge is 2.14. The summed E-state index contributed by atoms with van der Waals surface area (Å²) in [5.74, 6) is 0.0354. The second-order valence-corrected chi connectivity index (χ2v) is 16.0. The van der Waals surface area contributed by atoms with Crippen LogP contribution in [0.1, 0.15) is 253 Å². The number of esters is 2. The Morgan fingerprint density at radius 2 is 0.745 bits per heavy atom. The highest BCUT2D eigenvalue weighted by Crippen LogP contribution is 2.19. The fourth-order valence-electron chi connectivity index (χ4n) is 7.29. The summed E-state index contributed by atoms with van der Waals surface area (Å²) in [6.07, 6.45) is 40.5. The van der Waals surface area contributed by atoms with Crippen LogP contribution in [0, 0.1) is 0 Å². The van der Waals surface area contributed by atoms with Gasteiger partial charge in [0.05, 0.1) is 6.10 Å². The zero-order chi connectivity index (χ0) is 37.5. The van der Waals surface area contributed by atoms with Gasteiger partial charge in [-0.3, -0.25) is 9.59 Å². The largest absolute Gasteiger partial charge is 0.463 e. The minimum Gasteiger partial charge on any atom is -0.463 e. The Balaban J connectivity index is 3.99. The van der Waals surface area contributed by atoms with Crippen molar-refractivity contribution in [1.29, 1.82) is 0 Å². The van der Waals surface area contributed by atoms with Crippen molar-refractivity contribution in [2.75, 3.05) is 19.6 Å². The Hall–Kier alpha value is -1.10. The van der Waals surface area contributed by atoms with Gasteiger partial charge in [-0.2, -0.15) is 0 Å². The lowest BCUT2D eigenvalue weighted by Gasteiger charge is -2.21. The lowest BCUT2D eigenvalue weighted by molar-refractivity contribution is -0.150. The smallest absolute Gasteiger partial charge is 0.306 e. The molecule has 0 saturated carbocycles. The number of hydrogen-bond donors (Lipinski definition) is 0. The van der Waals surface area contributed by atoms with Crippen molar-refractivity contribution in [3.05, 3.63) is 0 Å². The maximum atomic E-state index is 12.7. The number of carbonyl (C=O) groups is 2. The lowest BCUT2D eigenvalue weighted by Crippen LogP contribution is -2.27. The molecule has 0 aliphatic carbocycles. The zero-order valence-electron chi connectivity index (χ0n) is 35.4. The van der Waals surface area contributed by atoms with Crippen LogP contribution < -0.4 is 0 Å². The first-order valence-electron chi connectivity index (χ1n) is 23.1. The fourth-order valence-corrected chi connectivity index (χ4v) is 7.29. The molecule has 51 heavy (non-hydrogen) atoms. The molecule has 5 nitrogen and oxygen atoms in total. The van der Waals surface area contributed by atoms with Crippen LogP contribution >= 0.6 is 0 Å². The minimum absolute atomic E-state index is 0.00576. The molecule has 0 aromatic carbocycles. The van der Waals surface area contributed by atoms with E-state index in [2.05, 4.69) is 39.5 Å². The van der Waals surface area contributed by atoms with Crippen LogP contribution in [0.3, 0.4) is 0 Å². The van der Waals surface area contributed by atoms with E-state index >= 15 is 0 Å². The van der Waals surface area contributed by atoms with Gasteiger partial charge in [0.2, 0.25) is 0 Å². The van der Waals surface area contributed by atoms with E-state index in [1.54, 1.807) is 0 Å². The van der Waals surface area contributed by atoms with Crippen LogP contribution in [0.2, 0.25) is 0 Å². The highest BCUT2D eigenvalue weighted by atomic mass is 16.5. The summed E-state index contributed by atoms with van der Waals surface area (Å²) < 4.78 is 11.7. The highest BCUT2D eigenvalue weighted by molar-refractivity contribution is 5.69. The number of ether oxygens (including phenoxy) is 2. The van der Waals surface area contributed by atoms with E-state index in [1.165, 1.54) is 180 Å². The first kappa shape index (κ1) is 49.9. The van der Waals surface area contributed by atoms with Crippen LogP contribution in [-0.2, 0) is 19.1 Å². The molecule has 5 heteroatoms. The van der Waals surface area contributed by atoms with Crippen molar-refractivity contribution in [2.45, 2.75) is 265 Å². The third kappa shape index (κ3) is 37.0. The van der Waals surface area contributed by atoms with Gasteiger partial charge in [-0.05, 0) is 97.2 Å². The van der Waals surface area contributed by atoms with Crippen molar-refractivity contribution in [2.24, 2.45) is 0 Å². The van der Waals surface area contributed by atoms with Crippen molar-refractivity contribution in [3.63, 3.8) is 0 Å². The fraction of sp³-hybridized carbons (Fsp3) is 0.957. The molecule has 1 unspecified atom stereocenters. The molecular weight excluding hydrogens is 631 g/mol. The SMILES string of the molecule is CCCCCCCCC(C)OC(=O)CCCCCCCN(CCC)CCCCCCCC(=O)OC(CCCCCCCC)CCCCCCCC. The Morgan fingerprint density at radius 3 is 1.18 bits per heavy atom. The molecule has 0 radical (unpaired) electrons. The van der Waals surface area contributed by atoms with Crippen LogP contribution in [-0.4, -0.2) is 48.7 Å². The van der Waals surface area contributed by atoms with Gasteiger partial charge in [0, 0.05) is 12.8 Å². The van der Waals surface area contributed by atoms with Gasteiger partial charge >= 0.3 is 11.9 Å². The lowest BCUT2D eigenvalue weighted by atomic mass is 10.0. The third-order valence-electron chi connectivity index (χ3n) is 10.6. The molecule has 0 aromatic heterocycles. The topological polar surface area (TPSA) is 55.8 Å². The number of unbranched alkanes of at least 4 members (excludes halogenated alkanes) is 23. The first-order chi connectivity index (χ1) is 25.0. The summed E-state index contributed by atoms with van der Waals surface area (Å²) in [6, 6.07) is 0. The Labute approximate surface area is 319 Å². The van der Waals surface area contributed by atoms with Gasteiger partial charge in [0.15, 0.2) is 0 Å². The molecule has 0 spiro atoms. The maximum absolute atomic E-state index is 12.7. The molecule has 0 bridgehead atoms. The molecule has 0 aliphatic rings. The van der Waals surface area contributed by atoms with Gasteiger partial charge in [-0.15, -0.1) is 0 Å². The van der Waals surface area contributed by atoms with Crippen LogP contribution in [0.15, 0.2) is 0 Å².